The lowest BCUT2D eigenvalue weighted by atomic mass is 10.3. The number of carbonyl (C=O) groups is 1. The Morgan fingerprint density at radius 3 is 2.89 bits per heavy atom. The molecule has 0 saturated carbocycles. The molecule has 1 aromatic carbocycles. The van der Waals surface area contributed by atoms with Crippen LogP contribution in [0.4, 0.5) is 0 Å². The van der Waals surface area contributed by atoms with Crippen molar-refractivity contribution in [3.8, 4) is 0 Å². The number of hydrogen-bond donors (Lipinski definition) is 1. The summed E-state index contributed by atoms with van der Waals surface area (Å²) in [5.41, 5.74) is 0.776. The van der Waals surface area contributed by atoms with Crippen molar-refractivity contribution in [3.63, 3.8) is 0 Å². The molecule has 0 aliphatic carbocycles. The second kappa shape index (κ2) is 7.25. The van der Waals surface area contributed by atoms with Crippen LogP contribution in [0.2, 0.25) is 0 Å². The first kappa shape index (κ1) is 14.0. The van der Waals surface area contributed by atoms with Gasteiger partial charge in [0.15, 0.2) is 0 Å². The highest BCUT2D eigenvalue weighted by molar-refractivity contribution is 7.99. The number of benzene rings is 1. The molecule has 0 bridgehead atoms. The Labute approximate surface area is 120 Å². The van der Waals surface area contributed by atoms with E-state index in [-0.39, 0.29) is 5.91 Å². The Hall–Kier alpha value is -1.40. The summed E-state index contributed by atoms with van der Waals surface area (Å²) in [6, 6.07) is 10.1. The van der Waals surface area contributed by atoms with Crippen LogP contribution in [-0.2, 0) is 6.42 Å². The molecule has 0 saturated heterocycles. The zero-order chi connectivity index (χ0) is 13.5. The molecule has 1 aromatic heterocycles. The first-order valence-corrected chi connectivity index (χ1v) is 7.84. The summed E-state index contributed by atoms with van der Waals surface area (Å²) in [4.78, 5) is 13.8. The van der Waals surface area contributed by atoms with Gasteiger partial charge < -0.3 is 5.32 Å². The molecule has 0 aliphatic heterocycles. The van der Waals surface area contributed by atoms with Crippen LogP contribution in [0.1, 0.15) is 22.3 Å². The van der Waals surface area contributed by atoms with Gasteiger partial charge in [-0.05, 0) is 30.1 Å². The molecule has 4 nitrogen and oxygen atoms in total. The van der Waals surface area contributed by atoms with E-state index < -0.39 is 0 Å². The first-order chi connectivity index (χ1) is 9.31. The maximum absolute atomic E-state index is 11.9. The van der Waals surface area contributed by atoms with Gasteiger partial charge in [-0.1, -0.05) is 29.6 Å². The largest absolute Gasteiger partial charge is 0.350 e. The van der Waals surface area contributed by atoms with E-state index in [2.05, 4.69) is 27.0 Å². The monoisotopic (exact) mass is 293 g/mol. The van der Waals surface area contributed by atoms with E-state index in [9.17, 15) is 4.79 Å². The lowest BCUT2D eigenvalue weighted by Crippen LogP contribution is -2.25. The van der Waals surface area contributed by atoms with Crippen molar-refractivity contribution in [1.82, 2.24) is 14.9 Å². The fourth-order valence-corrected chi connectivity index (χ4v) is 3.00. The lowest BCUT2D eigenvalue weighted by Gasteiger charge is -2.04. The molecule has 19 heavy (non-hydrogen) atoms. The number of rotatable bonds is 6. The van der Waals surface area contributed by atoms with Gasteiger partial charge in [-0.25, -0.2) is 0 Å². The highest BCUT2D eigenvalue weighted by Crippen LogP contribution is 2.16. The first-order valence-electron chi connectivity index (χ1n) is 6.08. The van der Waals surface area contributed by atoms with Gasteiger partial charge in [0.05, 0.1) is 5.69 Å². The Morgan fingerprint density at radius 2 is 2.16 bits per heavy atom. The summed E-state index contributed by atoms with van der Waals surface area (Å²) in [6.07, 6.45) is 0.734. The normalized spacial score (nSPS) is 10.4. The minimum absolute atomic E-state index is 0.0690. The SMILES string of the molecule is CCc1nnsc1C(=O)NCCSc1ccccc1. The minimum Gasteiger partial charge on any atom is -0.350 e. The zero-order valence-electron chi connectivity index (χ0n) is 10.6. The van der Waals surface area contributed by atoms with Crippen molar-refractivity contribution in [3.05, 3.63) is 40.9 Å². The van der Waals surface area contributed by atoms with Crippen molar-refractivity contribution >= 4 is 29.2 Å². The van der Waals surface area contributed by atoms with Gasteiger partial charge in [0.2, 0.25) is 0 Å². The number of aryl methyl sites for hydroxylation is 1. The molecule has 0 radical (unpaired) electrons. The number of amides is 1. The Balaban J connectivity index is 1.75. The number of nitrogens with zero attached hydrogens (tertiary/aromatic N) is 2. The highest BCUT2D eigenvalue weighted by atomic mass is 32.2. The van der Waals surface area contributed by atoms with E-state index >= 15 is 0 Å². The van der Waals surface area contributed by atoms with E-state index in [1.807, 2.05) is 25.1 Å². The molecule has 0 aliphatic rings. The smallest absolute Gasteiger partial charge is 0.264 e. The maximum atomic E-state index is 11.9. The maximum Gasteiger partial charge on any atom is 0.264 e. The van der Waals surface area contributed by atoms with E-state index in [4.69, 9.17) is 0 Å². The van der Waals surface area contributed by atoms with Crippen molar-refractivity contribution in [2.24, 2.45) is 0 Å². The molecule has 100 valence electrons. The minimum atomic E-state index is -0.0690. The van der Waals surface area contributed by atoms with Crippen LogP contribution >= 0.6 is 23.3 Å². The van der Waals surface area contributed by atoms with Crippen molar-refractivity contribution in [1.29, 1.82) is 0 Å². The second-order valence-electron chi connectivity index (χ2n) is 3.82. The molecular formula is C13H15N3OS2. The molecule has 0 atom stereocenters. The summed E-state index contributed by atoms with van der Waals surface area (Å²) in [5.74, 6) is 0.782. The molecule has 1 heterocycles. The number of thioether (sulfide) groups is 1. The Kier molecular flexibility index (Phi) is 5.35. The lowest BCUT2D eigenvalue weighted by molar-refractivity contribution is 0.0959. The summed E-state index contributed by atoms with van der Waals surface area (Å²) in [5, 5.41) is 6.83. The van der Waals surface area contributed by atoms with E-state index in [1.54, 1.807) is 11.8 Å². The van der Waals surface area contributed by atoms with Crippen LogP contribution in [0.5, 0.6) is 0 Å². The van der Waals surface area contributed by atoms with Crippen molar-refractivity contribution in [2.45, 2.75) is 18.2 Å². The van der Waals surface area contributed by atoms with Crippen LogP contribution in [0, 0.1) is 0 Å². The predicted molar refractivity (Wildman–Crippen MR) is 78.8 cm³/mol. The second-order valence-corrected chi connectivity index (χ2v) is 5.74. The molecule has 6 heteroatoms. The quantitative estimate of drug-likeness (QED) is 0.657. The zero-order valence-corrected chi connectivity index (χ0v) is 12.3. The fourth-order valence-electron chi connectivity index (χ4n) is 1.54. The van der Waals surface area contributed by atoms with Crippen LogP contribution < -0.4 is 5.32 Å². The Morgan fingerprint density at radius 1 is 1.37 bits per heavy atom. The number of carbonyl (C=O) groups excluding carboxylic acids is 1. The van der Waals surface area contributed by atoms with Crippen LogP contribution in [0.3, 0.4) is 0 Å². The summed E-state index contributed by atoms with van der Waals surface area (Å²) >= 11 is 2.88. The highest BCUT2D eigenvalue weighted by Gasteiger charge is 2.13. The number of hydrogen-bond acceptors (Lipinski definition) is 5. The summed E-state index contributed by atoms with van der Waals surface area (Å²) in [7, 11) is 0. The van der Waals surface area contributed by atoms with Gasteiger partial charge >= 0.3 is 0 Å². The van der Waals surface area contributed by atoms with Crippen molar-refractivity contribution < 1.29 is 4.79 Å². The number of aromatic nitrogens is 2. The van der Waals surface area contributed by atoms with Gasteiger partial charge in [-0.15, -0.1) is 16.9 Å². The average Bonchev–Trinajstić information content (AvgIpc) is 2.93. The van der Waals surface area contributed by atoms with Gasteiger partial charge in [0.25, 0.3) is 5.91 Å². The molecule has 0 fully saturated rings. The van der Waals surface area contributed by atoms with Crippen LogP contribution in [0.25, 0.3) is 0 Å². The van der Waals surface area contributed by atoms with E-state index in [0.717, 1.165) is 29.4 Å². The predicted octanol–water partition coefficient (Wildman–Crippen LogP) is 2.62. The van der Waals surface area contributed by atoms with Gasteiger partial charge in [0, 0.05) is 17.2 Å². The number of nitrogens with one attached hydrogen (secondary N) is 1. The van der Waals surface area contributed by atoms with E-state index in [1.165, 1.54) is 4.90 Å². The molecule has 2 rings (SSSR count). The molecular weight excluding hydrogens is 278 g/mol. The topological polar surface area (TPSA) is 54.9 Å². The van der Waals surface area contributed by atoms with Crippen LogP contribution in [-0.4, -0.2) is 27.8 Å². The Bertz CT molecular complexity index is 528. The molecule has 0 spiro atoms. The van der Waals surface area contributed by atoms with Gasteiger partial charge in [0.1, 0.15) is 4.88 Å². The van der Waals surface area contributed by atoms with Crippen LogP contribution in [0.15, 0.2) is 35.2 Å². The van der Waals surface area contributed by atoms with Crippen molar-refractivity contribution in [2.75, 3.05) is 12.3 Å². The molecule has 0 unspecified atom stereocenters. The standard InChI is InChI=1S/C13H15N3OS2/c1-2-11-12(19-16-15-11)13(17)14-8-9-18-10-6-4-3-5-7-10/h3-7H,2,8-9H2,1H3,(H,14,17). The van der Waals surface area contributed by atoms with Gasteiger partial charge in [-0.3, -0.25) is 4.79 Å². The molecule has 1 amide bonds. The van der Waals surface area contributed by atoms with Gasteiger partial charge in [-0.2, -0.15) is 0 Å². The third-order valence-electron chi connectivity index (χ3n) is 2.50. The third-order valence-corrected chi connectivity index (χ3v) is 4.28. The fraction of sp³-hybridized carbons (Fsp3) is 0.308. The molecule has 2 aromatic rings. The molecule has 1 N–H and O–H groups in total. The van der Waals surface area contributed by atoms with E-state index in [0.29, 0.717) is 11.4 Å². The summed E-state index contributed by atoms with van der Waals surface area (Å²) in [6.45, 7) is 2.61. The third kappa shape index (κ3) is 4.04. The summed E-state index contributed by atoms with van der Waals surface area (Å²) < 4.78 is 3.82. The average molecular weight is 293 g/mol.